The molecule has 0 aliphatic carbocycles. The molecule has 0 unspecified atom stereocenters. The Morgan fingerprint density at radius 3 is 2.28 bits per heavy atom. The number of nitrogens with one attached hydrogen (secondary N) is 1. The number of hydrogen-bond donors (Lipinski definition) is 1. The molecular formula is C19H27IN6O2S. The lowest BCUT2D eigenvalue weighted by molar-refractivity contribution is 0.370. The molecule has 8 nitrogen and oxygen atoms in total. The second-order valence-corrected chi connectivity index (χ2v) is 8.68. The van der Waals surface area contributed by atoms with Gasteiger partial charge in [0.15, 0.2) is 15.8 Å². The summed E-state index contributed by atoms with van der Waals surface area (Å²) in [6.45, 7) is 4.12. The lowest BCUT2D eigenvalue weighted by atomic mass is 10.1. The summed E-state index contributed by atoms with van der Waals surface area (Å²) in [6.07, 6.45) is 5.54. The summed E-state index contributed by atoms with van der Waals surface area (Å²) >= 11 is 0. The van der Waals surface area contributed by atoms with Gasteiger partial charge in [0.05, 0.1) is 4.90 Å². The molecule has 0 radical (unpaired) electrons. The van der Waals surface area contributed by atoms with Crippen LogP contribution in [0.2, 0.25) is 0 Å². The molecule has 1 aliphatic rings. The van der Waals surface area contributed by atoms with Crippen molar-refractivity contribution in [2.75, 3.05) is 50.9 Å². The van der Waals surface area contributed by atoms with Crippen LogP contribution in [-0.4, -0.2) is 75.3 Å². The molecule has 0 bridgehead atoms. The molecule has 2 heterocycles. The Balaban J connectivity index is 0.00000300. The number of benzene rings is 1. The van der Waals surface area contributed by atoms with E-state index in [1.165, 1.54) is 6.26 Å². The van der Waals surface area contributed by atoms with E-state index < -0.39 is 9.84 Å². The quantitative estimate of drug-likeness (QED) is 0.356. The number of rotatable bonds is 5. The van der Waals surface area contributed by atoms with E-state index in [9.17, 15) is 8.42 Å². The van der Waals surface area contributed by atoms with Crippen LogP contribution in [-0.2, 0) is 16.3 Å². The fraction of sp³-hybridized carbons (Fsp3) is 0.421. The summed E-state index contributed by atoms with van der Waals surface area (Å²) in [5, 5.41) is 3.39. The Morgan fingerprint density at radius 1 is 1.10 bits per heavy atom. The number of halogens is 1. The number of piperazine rings is 1. The van der Waals surface area contributed by atoms with Crippen LogP contribution in [0.15, 0.2) is 52.6 Å². The van der Waals surface area contributed by atoms with Crippen LogP contribution in [0.1, 0.15) is 5.56 Å². The largest absolute Gasteiger partial charge is 0.356 e. The van der Waals surface area contributed by atoms with Gasteiger partial charge >= 0.3 is 0 Å². The highest BCUT2D eigenvalue weighted by Crippen LogP contribution is 2.11. The summed E-state index contributed by atoms with van der Waals surface area (Å²) in [6, 6.07) is 8.86. The minimum Gasteiger partial charge on any atom is -0.356 e. The lowest BCUT2D eigenvalue weighted by Crippen LogP contribution is -2.53. The Bertz CT molecular complexity index is 898. The van der Waals surface area contributed by atoms with Crippen LogP contribution < -0.4 is 10.2 Å². The maximum atomic E-state index is 11.5. The molecule has 1 saturated heterocycles. The Hall–Kier alpha value is -1.95. The van der Waals surface area contributed by atoms with Crippen molar-refractivity contribution in [3.63, 3.8) is 0 Å². The average Bonchev–Trinajstić information content (AvgIpc) is 2.72. The van der Waals surface area contributed by atoms with Gasteiger partial charge in [0.2, 0.25) is 5.95 Å². The highest BCUT2D eigenvalue weighted by molar-refractivity contribution is 14.0. The maximum Gasteiger partial charge on any atom is 0.225 e. The number of aromatic nitrogens is 2. The predicted octanol–water partition coefficient (Wildman–Crippen LogP) is 1.44. The van der Waals surface area contributed by atoms with Crippen LogP contribution in [0.3, 0.4) is 0 Å². The third-order valence-electron chi connectivity index (χ3n) is 4.67. The average molecular weight is 530 g/mol. The number of sulfone groups is 1. The van der Waals surface area contributed by atoms with Crippen LogP contribution in [0, 0.1) is 0 Å². The molecule has 3 rings (SSSR count). The van der Waals surface area contributed by atoms with Gasteiger partial charge in [-0.15, -0.1) is 24.0 Å². The van der Waals surface area contributed by atoms with Gasteiger partial charge in [0.1, 0.15) is 0 Å². The normalized spacial score (nSPS) is 15.0. The number of hydrogen-bond acceptors (Lipinski definition) is 6. The van der Waals surface area contributed by atoms with Gasteiger partial charge in [-0.3, -0.25) is 4.99 Å². The Morgan fingerprint density at radius 2 is 1.72 bits per heavy atom. The molecule has 0 atom stereocenters. The van der Waals surface area contributed by atoms with Crippen LogP contribution >= 0.6 is 24.0 Å². The fourth-order valence-corrected chi connectivity index (χ4v) is 3.76. The number of nitrogens with zero attached hydrogens (tertiary/aromatic N) is 5. The van der Waals surface area contributed by atoms with E-state index >= 15 is 0 Å². The van der Waals surface area contributed by atoms with E-state index in [1.807, 2.05) is 18.2 Å². The van der Waals surface area contributed by atoms with Gasteiger partial charge in [0, 0.05) is 58.4 Å². The first-order chi connectivity index (χ1) is 13.5. The molecule has 0 amide bonds. The van der Waals surface area contributed by atoms with E-state index in [0.717, 1.165) is 56.6 Å². The molecule has 1 fully saturated rings. The van der Waals surface area contributed by atoms with E-state index in [0.29, 0.717) is 4.90 Å². The van der Waals surface area contributed by atoms with Gasteiger partial charge in [-0.05, 0) is 30.2 Å². The van der Waals surface area contributed by atoms with Crippen molar-refractivity contribution in [1.29, 1.82) is 0 Å². The molecule has 1 aromatic heterocycles. The number of guanidine groups is 1. The van der Waals surface area contributed by atoms with Crippen LogP contribution in [0.5, 0.6) is 0 Å². The molecule has 10 heteroatoms. The SMILES string of the molecule is CN=C(NCCc1ccc(S(C)(=O)=O)cc1)N1CCN(c2ncccn2)CC1.I. The van der Waals surface area contributed by atoms with Crippen molar-refractivity contribution in [1.82, 2.24) is 20.2 Å². The molecule has 2 aromatic rings. The highest BCUT2D eigenvalue weighted by Gasteiger charge is 2.20. The maximum absolute atomic E-state index is 11.5. The smallest absolute Gasteiger partial charge is 0.225 e. The summed E-state index contributed by atoms with van der Waals surface area (Å²) in [5.74, 6) is 1.64. The van der Waals surface area contributed by atoms with Crippen LogP contribution in [0.25, 0.3) is 0 Å². The van der Waals surface area contributed by atoms with E-state index in [1.54, 1.807) is 31.6 Å². The zero-order chi connectivity index (χ0) is 20.0. The topological polar surface area (TPSA) is 90.8 Å². The monoisotopic (exact) mass is 530 g/mol. The second-order valence-electron chi connectivity index (χ2n) is 6.66. The molecule has 1 aliphatic heterocycles. The van der Waals surface area contributed by atoms with E-state index in [2.05, 4.69) is 30.1 Å². The molecule has 29 heavy (non-hydrogen) atoms. The molecule has 0 saturated carbocycles. The zero-order valence-corrected chi connectivity index (χ0v) is 19.8. The highest BCUT2D eigenvalue weighted by atomic mass is 127. The number of aliphatic imine (C=N–C) groups is 1. The Labute approximate surface area is 189 Å². The molecule has 1 N–H and O–H groups in total. The number of anilines is 1. The van der Waals surface area contributed by atoms with Crippen molar-refractivity contribution < 1.29 is 8.42 Å². The summed E-state index contributed by atoms with van der Waals surface area (Å²) in [5.41, 5.74) is 1.08. The molecule has 0 spiro atoms. The van der Waals surface area contributed by atoms with Gasteiger partial charge in [-0.2, -0.15) is 0 Å². The van der Waals surface area contributed by atoms with Crippen molar-refractivity contribution in [3.8, 4) is 0 Å². The van der Waals surface area contributed by atoms with Crippen molar-refractivity contribution in [2.24, 2.45) is 4.99 Å². The summed E-state index contributed by atoms with van der Waals surface area (Å²) in [7, 11) is -1.36. The standard InChI is InChI=1S/C19H26N6O2S.HI/c1-20-18(23-11-8-16-4-6-17(7-5-16)28(2,26)27)24-12-14-25(15-13-24)19-21-9-3-10-22-19;/h3-7,9-10H,8,11-15H2,1-2H3,(H,20,23);1H. The predicted molar refractivity (Wildman–Crippen MR) is 126 cm³/mol. The zero-order valence-electron chi connectivity index (χ0n) is 16.7. The van der Waals surface area contributed by atoms with Gasteiger partial charge in [0.25, 0.3) is 0 Å². The van der Waals surface area contributed by atoms with E-state index in [4.69, 9.17) is 0 Å². The first-order valence-corrected chi connectivity index (χ1v) is 11.1. The Kier molecular flexibility index (Phi) is 8.62. The minimum atomic E-state index is -3.15. The van der Waals surface area contributed by atoms with Crippen LogP contribution in [0.4, 0.5) is 5.95 Å². The molecule has 158 valence electrons. The van der Waals surface area contributed by atoms with Gasteiger partial charge in [-0.25, -0.2) is 18.4 Å². The van der Waals surface area contributed by atoms with E-state index in [-0.39, 0.29) is 24.0 Å². The summed E-state index contributed by atoms with van der Waals surface area (Å²) in [4.78, 5) is 17.8. The third-order valence-corrected chi connectivity index (χ3v) is 5.80. The molecule has 1 aromatic carbocycles. The first-order valence-electron chi connectivity index (χ1n) is 9.24. The van der Waals surface area contributed by atoms with Gasteiger partial charge in [-0.1, -0.05) is 12.1 Å². The minimum absolute atomic E-state index is 0. The van der Waals surface area contributed by atoms with Crippen molar-refractivity contribution in [2.45, 2.75) is 11.3 Å². The first kappa shape index (κ1) is 23.3. The van der Waals surface area contributed by atoms with Crippen molar-refractivity contribution >= 4 is 45.7 Å². The van der Waals surface area contributed by atoms with Gasteiger partial charge < -0.3 is 15.1 Å². The molecular weight excluding hydrogens is 503 g/mol. The fourth-order valence-electron chi connectivity index (χ4n) is 3.13. The summed E-state index contributed by atoms with van der Waals surface area (Å²) < 4.78 is 23.1. The lowest BCUT2D eigenvalue weighted by Gasteiger charge is -2.36. The van der Waals surface area contributed by atoms with Crippen molar-refractivity contribution in [3.05, 3.63) is 48.3 Å². The third kappa shape index (κ3) is 6.53. The second kappa shape index (κ2) is 10.7.